The summed E-state index contributed by atoms with van der Waals surface area (Å²) in [5.74, 6) is -0.0527. The van der Waals surface area contributed by atoms with Gasteiger partial charge >= 0.3 is 6.03 Å². The molecule has 2 atom stereocenters. The summed E-state index contributed by atoms with van der Waals surface area (Å²) in [6.45, 7) is 4.71. The molecule has 4 rings (SSSR count). The number of allylic oxidation sites excluding steroid dienone is 2. The number of likely N-dealkylation sites (N-methyl/N-ethyl adjacent to an activating group) is 1. The number of hydrogen-bond acceptors (Lipinski definition) is 7. The molecule has 30 heavy (non-hydrogen) atoms. The van der Waals surface area contributed by atoms with Crippen LogP contribution in [-0.4, -0.2) is 89.3 Å². The normalized spacial score (nSPS) is 23.3. The van der Waals surface area contributed by atoms with Crippen LogP contribution in [0.5, 0.6) is 0 Å². The van der Waals surface area contributed by atoms with E-state index in [1.807, 2.05) is 29.7 Å². The third-order valence-electron chi connectivity index (χ3n) is 5.92. The number of nitrogens with zero attached hydrogens (tertiary/aromatic N) is 5. The Bertz CT molecular complexity index is 957. The van der Waals surface area contributed by atoms with Crippen molar-refractivity contribution in [2.24, 2.45) is 4.99 Å². The number of methoxy groups -OCH3 is 1. The number of rotatable bonds is 6. The number of guanidine groups is 1. The number of Topliss-reactive ketones (excluding diaryl/α,β-unsaturated/α-hetero) is 1. The third kappa shape index (κ3) is 2.97. The van der Waals surface area contributed by atoms with Gasteiger partial charge in [0.15, 0.2) is 18.0 Å². The molecule has 0 aliphatic carbocycles. The summed E-state index contributed by atoms with van der Waals surface area (Å²) < 4.78 is 5.20. The number of fused-ring (bicyclic) bond motifs is 3. The molecule has 9 nitrogen and oxygen atoms in total. The highest BCUT2D eigenvalue weighted by Gasteiger charge is 2.55. The molecule has 3 heterocycles. The largest absolute Gasteiger partial charge is 0.383 e. The Morgan fingerprint density at radius 2 is 1.80 bits per heavy atom. The number of imide groups is 1. The highest BCUT2D eigenvalue weighted by molar-refractivity contribution is 6.09. The Morgan fingerprint density at radius 3 is 2.47 bits per heavy atom. The average Bonchev–Trinajstić information content (AvgIpc) is 3.25. The molecular weight excluding hydrogens is 386 g/mol. The van der Waals surface area contributed by atoms with E-state index in [2.05, 4.69) is 0 Å². The number of carbonyl (C=O) groups is 3. The molecule has 0 aromatic heterocycles. The predicted octanol–water partition coefficient (Wildman–Crippen LogP) is 1.34. The maximum absolute atomic E-state index is 13.4. The number of ether oxygens (including phenoxy) is 1. The highest BCUT2D eigenvalue weighted by atomic mass is 16.5. The molecule has 3 amide bonds. The van der Waals surface area contributed by atoms with Gasteiger partial charge in [-0.3, -0.25) is 19.4 Å². The summed E-state index contributed by atoms with van der Waals surface area (Å²) in [6.07, 6.45) is -0.629. The highest BCUT2D eigenvalue weighted by Crippen LogP contribution is 2.37. The monoisotopic (exact) mass is 411 g/mol. The smallest absolute Gasteiger partial charge is 0.328 e. The number of aliphatic imine (C=N–C) groups is 1. The molecule has 0 N–H and O–H groups in total. The minimum Gasteiger partial charge on any atom is -0.383 e. The second kappa shape index (κ2) is 7.56. The number of urea groups is 1. The van der Waals surface area contributed by atoms with Gasteiger partial charge in [0.05, 0.1) is 13.2 Å². The first kappa shape index (κ1) is 20.1. The summed E-state index contributed by atoms with van der Waals surface area (Å²) in [4.78, 5) is 50.0. The van der Waals surface area contributed by atoms with Crippen molar-refractivity contribution in [2.75, 3.05) is 33.9 Å². The molecule has 1 aromatic rings. The topological polar surface area (TPSA) is 85.8 Å². The molecule has 0 spiro atoms. The van der Waals surface area contributed by atoms with Crippen LogP contribution in [0.15, 0.2) is 46.7 Å². The molecule has 3 aliphatic rings. The molecule has 2 unspecified atom stereocenters. The van der Waals surface area contributed by atoms with Gasteiger partial charge in [-0.05, 0) is 13.8 Å². The lowest BCUT2D eigenvalue weighted by Crippen LogP contribution is -2.65. The van der Waals surface area contributed by atoms with Gasteiger partial charge < -0.3 is 14.5 Å². The van der Waals surface area contributed by atoms with Gasteiger partial charge in [0.25, 0.3) is 5.91 Å². The first-order chi connectivity index (χ1) is 14.4. The predicted molar refractivity (Wildman–Crippen MR) is 109 cm³/mol. The molecular formula is C21H25N5O4. The van der Waals surface area contributed by atoms with Crippen LogP contribution < -0.4 is 0 Å². The molecule has 1 fully saturated rings. The van der Waals surface area contributed by atoms with E-state index >= 15 is 0 Å². The zero-order valence-corrected chi connectivity index (χ0v) is 17.5. The minimum absolute atomic E-state index is 0.283. The van der Waals surface area contributed by atoms with Crippen molar-refractivity contribution >= 4 is 23.7 Å². The quantitative estimate of drug-likeness (QED) is 0.657. The van der Waals surface area contributed by atoms with E-state index in [-0.39, 0.29) is 12.3 Å². The van der Waals surface area contributed by atoms with E-state index in [0.29, 0.717) is 24.7 Å². The van der Waals surface area contributed by atoms with E-state index in [4.69, 9.17) is 9.73 Å². The average molecular weight is 411 g/mol. The van der Waals surface area contributed by atoms with Gasteiger partial charge in [0.1, 0.15) is 0 Å². The third-order valence-corrected chi connectivity index (χ3v) is 5.92. The lowest BCUT2D eigenvalue weighted by atomic mass is 10.1. The first-order valence-electron chi connectivity index (χ1n) is 9.84. The molecule has 0 saturated carbocycles. The van der Waals surface area contributed by atoms with Crippen LogP contribution in [0, 0.1) is 0 Å². The number of ketones is 1. The maximum atomic E-state index is 13.4. The summed E-state index contributed by atoms with van der Waals surface area (Å²) in [7, 11) is 3.25. The Morgan fingerprint density at radius 1 is 1.10 bits per heavy atom. The van der Waals surface area contributed by atoms with Gasteiger partial charge in [0, 0.05) is 37.7 Å². The Kier molecular flexibility index (Phi) is 5.07. The summed E-state index contributed by atoms with van der Waals surface area (Å²) >= 11 is 0. The second-order valence-electron chi connectivity index (χ2n) is 7.58. The summed E-state index contributed by atoms with van der Waals surface area (Å²) in [6, 6.07) is 7.46. The zero-order valence-electron chi connectivity index (χ0n) is 17.5. The van der Waals surface area contributed by atoms with Gasteiger partial charge in [0.2, 0.25) is 5.96 Å². The van der Waals surface area contributed by atoms with Crippen LogP contribution in [0.2, 0.25) is 0 Å². The summed E-state index contributed by atoms with van der Waals surface area (Å²) in [5, 5.41) is 0. The van der Waals surface area contributed by atoms with Crippen molar-refractivity contribution in [3.63, 3.8) is 0 Å². The molecule has 1 aromatic carbocycles. The van der Waals surface area contributed by atoms with Gasteiger partial charge in [-0.2, -0.15) is 0 Å². The number of benzene rings is 1. The van der Waals surface area contributed by atoms with Crippen LogP contribution in [0.1, 0.15) is 24.2 Å². The molecule has 158 valence electrons. The van der Waals surface area contributed by atoms with E-state index < -0.39 is 24.1 Å². The van der Waals surface area contributed by atoms with E-state index in [1.54, 1.807) is 38.4 Å². The molecule has 0 radical (unpaired) electrons. The lowest BCUT2D eigenvalue weighted by Gasteiger charge is -2.40. The van der Waals surface area contributed by atoms with Crippen LogP contribution in [0.3, 0.4) is 0 Å². The second-order valence-corrected chi connectivity index (χ2v) is 7.58. The maximum Gasteiger partial charge on any atom is 0.328 e. The van der Waals surface area contributed by atoms with Crippen molar-refractivity contribution < 1.29 is 19.1 Å². The van der Waals surface area contributed by atoms with Crippen LogP contribution >= 0.6 is 0 Å². The van der Waals surface area contributed by atoms with Gasteiger partial charge in [-0.15, -0.1) is 0 Å². The van der Waals surface area contributed by atoms with Crippen LogP contribution in [0.25, 0.3) is 0 Å². The van der Waals surface area contributed by atoms with E-state index in [1.165, 1.54) is 4.90 Å². The molecule has 3 aliphatic heterocycles. The van der Waals surface area contributed by atoms with E-state index in [0.717, 1.165) is 16.3 Å². The molecule has 9 heteroatoms. The SMILES string of the molecule is COCCN1C2=NC3C(C(=O)N(CC(=O)c4ccccc4)C(=O)N3C)N2C(C)=C1C. The number of hydrogen-bond donors (Lipinski definition) is 0. The number of amides is 3. The fraction of sp³-hybridized carbons (Fsp3) is 0.429. The standard InChI is InChI=1S/C21H25N5O4/c1-13-14(2)26-17-18(22-20(26)24(13)10-11-30-4)23(3)21(29)25(19(17)28)12-16(27)15-8-6-5-7-9-15/h5-9,17-18H,10-12H2,1-4H3. The van der Waals surface area contributed by atoms with Crippen LogP contribution in [-0.2, 0) is 9.53 Å². The van der Waals surface area contributed by atoms with Gasteiger partial charge in [-0.1, -0.05) is 30.3 Å². The fourth-order valence-electron chi connectivity index (χ4n) is 4.14. The van der Waals surface area contributed by atoms with Gasteiger partial charge in [-0.25, -0.2) is 9.79 Å². The van der Waals surface area contributed by atoms with E-state index in [9.17, 15) is 14.4 Å². The van der Waals surface area contributed by atoms with Crippen molar-refractivity contribution in [3.05, 3.63) is 47.3 Å². The minimum atomic E-state index is -0.686. The van der Waals surface area contributed by atoms with Crippen LogP contribution in [0.4, 0.5) is 4.79 Å². The Hall–Kier alpha value is -3.20. The first-order valence-corrected chi connectivity index (χ1v) is 9.84. The Balaban J connectivity index is 1.62. The van der Waals surface area contributed by atoms with Crippen molar-refractivity contribution in [1.82, 2.24) is 19.6 Å². The van der Waals surface area contributed by atoms with Crippen molar-refractivity contribution in [3.8, 4) is 0 Å². The zero-order chi connectivity index (χ0) is 21.6. The fourth-order valence-corrected chi connectivity index (χ4v) is 4.14. The molecule has 0 bridgehead atoms. The molecule has 1 saturated heterocycles. The summed E-state index contributed by atoms with van der Waals surface area (Å²) in [5.41, 5.74) is 2.36. The Labute approximate surface area is 175 Å². The number of carbonyl (C=O) groups excluding carboxylic acids is 3. The van der Waals surface area contributed by atoms with Crippen molar-refractivity contribution in [1.29, 1.82) is 0 Å². The van der Waals surface area contributed by atoms with Crippen molar-refractivity contribution in [2.45, 2.75) is 26.1 Å². The lowest BCUT2D eigenvalue weighted by molar-refractivity contribution is -0.136.